The number of ether oxygens (including phenoxy) is 3. The molecule has 6 heteroatoms. The topological polar surface area (TPSA) is 78.9 Å². The summed E-state index contributed by atoms with van der Waals surface area (Å²) in [5.74, 6) is -0.876. The quantitative estimate of drug-likeness (QED) is 0.0262. The van der Waals surface area contributed by atoms with E-state index < -0.39 is 6.10 Å². The fourth-order valence-corrected chi connectivity index (χ4v) is 8.75. The lowest BCUT2D eigenvalue weighted by Crippen LogP contribution is -2.30. The number of rotatable bonds is 55. The van der Waals surface area contributed by atoms with E-state index in [0.29, 0.717) is 19.3 Å². The van der Waals surface area contributed by atoms with E-state index in [-0.39, 0.29) is 31.1 Å². The van der Waals surface area contributed by atoms with Gasteiger partial charge in [0.1, 0.15) is 13.2 Å². The van der Waals surface area contributed by atoms with Crippen LogP contribution in [0.15, 0.2) is 48.6 Å². The van der Waals surface area contributed by atoms with E-state index in [1.165, 1.54) is 180 Å². The molecule has 0 N–H and O–H groups in total. The van der Waals surface area contributed by atoms with Crippen LogP contribution < -0.4 is 0 Å². The lowest BCUT2D eigenvalue weighted by atomic mass is 10.0. The van der Waals surface area contributed by atoms with Crippen molar-refractivity contribution in [3.8, 4) is 0 Å². The average Bonchev–Trinajstić information content (AvgIpc) is 3.35. The number of hydrogen-bond acceptors (Lipinski definition) is 6. The number of carbonyl (C=O) groups is 3. The maximum Gasteiger partial charge on any atom is 0.306 e. The predicted octanol–water partition coefficient (Wildman–Crippen LogP) is 20.2. The summed E-state index contributed by atoms with van der Waals surface area (Å²) in [5, 5.41) is 0. The molecule has 0 spiro atoms. The van der Waals surface area contributed by atoms with Gasteiger partial charge in [-0.15, -0.1) is 0 Å². The SMILES string of the molecule is CCC/C=C\C/C=C\CCCCCCCC(=O)OC(COC(=O)CCCCCCCCCCCCCCC)COC(=O)CCCCCCCCCCCCCCC/C=C\C/C=C\CCCCCCC. The van der Waals surface area contributed by atoms with Gasteiger partial charge < -0.3 is 14.2 Å². The first-order valence-corrected chi connectivity index (χ1v) is 30.1. The molecule has 0 saturated heterocycles. The fourth-order valence-electron chi connectivity index (χ4n) is 8.75. The van der Waals surface area contributed by atoms with E-state index in [1.807, 2.05) is 0 Å². The summed E-state index contributed by atoms with van der Waals surface area (Å²) in [4.78, 5) is 38.1. The molecule has 0 aliphatic heterocycles. The summed E-state index contributed by atoms with van der Waals surface area (Å²) < 4.78 is 16.9. The van der Waals surface area contributed by atoms with Crippen molar-refractivity contribution >= 4 is 17.9 Å². The second-order valence-electron chi connectivity index (χ2n) is 20.3. The van der Waals surface area contributed by atoms with E-state index in [0.717, 1.165) is 96.3 Å². The molecule has 0 saturated carbocycles. The van der Waals surface area contributed by atoms with Crippen molar-refractivity contribution in [1.82, 2.24) is 0 Å². The Labute approximate surface area is 428 Å². The molecule has 0 radical (unpaired) electrons. The molecule has 0 heterocycles. The maximum absolute atomic E-state index is 12.8. The summed E-state index contributed by atoms with van der Waals surface area (Å²) in [6, 6.07) is 0. The van der Waals surface area contributed by atoms with Crippen molar-refractivity contribution in [2.24, 2.45) is 0 Å². The zero-order chi connectivity index (χ0) is 50.0. The summed E-state index contributed by atoms with van der Waals surface area (Å²) >= 11 is 0. The molecule has 0 aliphatic carbocycles. The highest BCUT2D eigenvalue weighted by molar-refractivity contribution is 5.71. The Hall–Kier alpha value is -2.63. The van der Waals surface area contributed by atoms with Crippen LogP contribution in [0.3, 0.4) is 0 Å². The van der Waals surface area contributed by atoms with Crippen LogP contribution in [-0.2, 0) is 28.6 Å². The molecular weight excluding hydrogens is 853 g/mol. The number of hydrogen-bond donors (Lipinski definition) is 0. The molecule has 0 amide bonds. The zero-order valence-electron chi connectivity index (χ0n) is 46.1. The van der Waals surface area contributed by atoms with E-state index in [9.17, 15) is 14.4 Å². The fraction of sp³-hybridized carbons (Fsp3) is 0.825. The number of allylic oxidation sites excluding steroid dienone is 8. The van der Waals surface area contributed by atoms with Crippen LogP contribution in [-0.4, -0.2) is 37.2 Å². The molecule has 0 bridgehead atoms. The molecule has 0 fully saturated rings. The first-order chi connectivity index (χ1) is 34.0. The van der Waals surface area contributed by atoms with Gasteiger partial charge in [0.2, 0.25) is 0 Å². The van der Waals surface area contributed by atoms with E-state index in [1.54, 1.807) is 0 Å². The van der Waals surface area contributed by atoms with Gasteiger partial charge in [-0.3, -0.25) is 14.4 Å². The van der Waals surface area contributed by atoms with Crippen LogP contribution in [0.25, 0.3) is 0 Å². The Morgan fingerprint density at radius 3 is 0.855 bits per heavy atom. The second kappa shape index (κ2) is 57.9. The minimum Gasteiger partial charge on any atom is -0.462 e. The summed E-state index contributed by atoms with van der Waals surface area (Å²) in [6.45, 7) is 6.59. The molecule has 0 aromatic rings. The Morgan fingerprint density at radius 2 is 0.551 bits per heavy atom. The average molecular weight is 968 g/mol. The number of unbranched alkanes of at least 4 members (excludes halogenated alkanes) is 36. The summed E-state index contributed by atoms with van der Waals surface area (Å²) in [5.41, 5.74) is 0. The van der Waals surface area contributed by atoms with Gasteiger partial charge in [-0.05, 0) is 77.0 Å². The third-order valence-electron chi connectivity index (χ3n) is 13.3. The van der Waals surface area contributed by atoms with E-state index in [4.69, 9.17) is 14.2 Å². The van der Waals surface area contributed by atoms with Crippen LogP contribution in [0.5, 0.6) is 0 Å². The van der Waals surface area contributed by atoms with Crippen molar-refractivity contribution < 1.29 is 28.6 Å². The predicted molar refractivity (Wildman–Crippen MR) is 298 cm³/mol. The lowest BCUT2D eigenvalue weighted by molar-refractivity contribution is -0.167. The molecule has 0 rings (SSSR count). The number of esters is 3. The first-order valence-electron chi connectivity index (χ1n) is 30.1. The van der Waals surface area contributed by atoms with Crippen LogP contribution in [0.2, 0.25) is 0 Å². The summed E-state index contributed by atoms with van der Waals surface area (Å²) in [6.07, 6.45) is 71.1. The Balaban J connectivity index is 4.23. The second-order valence-corrected chi connectivity index (χ2v) is 20.3. The molecule has 6 nitrogen and oxygen atoms in total. The minimum absolute atomic E-state index is 0.0755. The van der Waals surface area contributed by atoms with Gasteiger partial charge in [0, 0.05) is 19.3 Å². The smallest absolute Gasteiger partial charge is 0.306 e. The van der Waals surface area contributed by atoms with Gasteiger partial charge >= 0.3 is 17.9 Å². The zero-order valence-corrected chi connectivity index (χ0v) is 46.1. The largest absolute Gasteiger partial charge is 0.462 e. The minimum atomic E-state index is -0.778. The Bertz CT molecular complexity index is 1200. The van der Waals surface area contributed by atoms with Gasteiger partial charge in [-0.1, -0.05) is 268 Å². The molecule has 402 valence electrons. The van der Waals surface area contributed by atoms with Crippen LogP contribution in [0.1, 0.15) is 316 Å². The van der Waals surface area contributed by atoms with E-state index >= 15 is 0 Å². The van der Waals surface area contributed by atoms with Gasteiger partial charge in [0.15, 0.2) is 6.10 Å². The maximum atomic E-state index is 12.8. The van der Waals surface area contributed by atoms with Crippen LogP contribution in [0, 0.1) is 0 Å². The number of carbonyl (C=O) groups excluding carboxylic acids is 3. The normalized spacial score (nSPS) is 12.3. The highest BCUT2D eigenvalue weighted by Gasteiger charge is 2.19. The van der Waals surface area contributed by atoms with Crippen molar-refractivity contribution in [2.75, 3.05) is 13.2 Å². The summed E-state index contributed by atoms with van der Waals surface area (Å²) in [7, 11) is 0. The van der Waals surface area contributed by atoms with Gasteiger partial charge in [-0.2, -0.15) is 0 Å². The Morgan fingerprint density at radius 1 is 0.290 bits per heavy atom. The van der Waals surface area contributed by atoms with Crippen LogP contribution >= 0.6 is 0 Å². The van der Waals surface area contributed by atoms with Crippen molar-refractivity contribution in [3.63, 3.8) is 0 Å². The van der Waals surface area contributed by atoms with Crippen molar-refractivity contribution in [3.05, 3.63) is 48.6 Å². The Kier molecular flexibility index (Phi) is 55.7. The molecule has 0 aliphatic rings. The van der Waals surface area contributed by atoms with Crippen molar-refractivity contribution in [1.29, 1.82) is 0 Å². The van der Waals surface area contributed by atoms with E-state index in [2.05, 4.69) is 69.4 Å². The molecule has 1 unspecified atom stereocenters. The third-order valence-corrected chi connectivity index (χ3v) is 13.3. The first kappa shape index (κ1) is 66.4. The highest BCUT2D eigenvalue weighted by atomic mass is 16.6. The molecule has 0 aromatic carbocycles. The highest BCUT2D eigenvalue weighted by Crippen LogP contribution is 2.17. The molecular formula is C63H114O6. The molecule has 69 heavy (non-hydrogen) atoms. The van der Waals surface area contributed by atoms with Crippen molar-refractivity contribution in [2.45, 2.75) is 322 Å². The van der Waals surface area contributed by atoms with Crippen LogP contribution in [0.4, 0.5) is 0 Å². The molecule has 0 aromatic heterocycles. The van der Waals surface area contributed by atoms with Gasteiger partial charge in [0.05, 0.1) is 0 Å². The molecule has 1 atom stereocenters. The van der Waals surface area contributed by atoms with Gasteiger partial charge in [0.25, 0.3) is 0 Å². The standard InChI is InChI=1S/C63H114O6/c1-4-7-10-13-16-19-22-25-26-27-28-29-30-31-32-33-34-35-36-39-41-44-47-50-53-56-62(65)68-59-60(69-63(66)57-54-51-48-45-42-38-24-21-18-15-12-9-6-3)58-67-61(64)55-52-49-46-43-40-37-23-20-17-14-11-8-5-2/h12,15,21-22,24-25,27-28,60H,4-11,13-14,16-20,23,26,29-59H2,1-3H3/b15-12-,24-21-,25-22-,28-27-. The third kappa shape index (κ3) is 56.2. The monoisotopic (exact) mass is 967 g/mol. The lowest BCUT2D eigenvalue weighted by Gasteiger charge is -2.18. The van der Waals surface area contributed by atoms with Gasteiger partial charge in [-0.25, -0.2) is 0 Å².